The number of carbonyl (C=O) groups excluding carboxylic acids is 2. The van der Waals surface area contributed by atoms with Crippen molar-refractivity contribution in [1.82, 2.24) is 0 Å². The van der Waals surface area contributed by atoms with Gasteiger partial charge in [-0.3, -0.25) is 9.69 Å². The molecule has 0 spiro atoms. The molecule has 0 saturated carbocycles. The van der Waals surface area contributed by atoms with Crippen LogP contribution < -0.4 is 4.90 Å². The van der Waals surface area contributed by atoms with Gasteiger partial charge in [-0.15, -0.1) is 0 Å². The Bertz CT molecular complexity index is 996. The molecule has 0 aromatic heterocycles. The third-order valence-corrected chi connectivity index (χ3v) is 4.91. The molecule has 5 nitrogen and oxygen atoms in total. The highest BCUT2D eigenvalue weighted by atomic mass is 79.9. The van der Waals surface area contributed by atoms with E-state index in [0.717, 1.165) is 4.47 Å². The Kier molecular flexibility index (Phi) is 5.39. The van der Waals surface area contributed by atoms with Gasteiger partial charge in [0.1, 0.15) is 5.75 Å². The summed E-state index contributed by atoms with van der Waals surface area (Å²) in [5.74, 6) is -1.03. The number of phenolic OH excluding ortho intramolecular Hbond substituents is 1. The van der Waals surface area contributed by atoms with Crippen molar-refractivity contribution in [2.75, 3.05) is 12.0 Å². The molecule has 138 valence electrons. The Balaban J connectivity index is 2.17. The van der Waals surface area contributed by atoms with E-state index in [-0.39, 0.29) is 16.9 Å². The average Bonchev–Trinajstić information content (AvgIpc) is 2.88. The largest absolute Gasteiger partial charge is 0.507 e. The van der Waals surface area contributed by atoms with Gasteiger partial charge in [0.2, 0.25) is 0 Å². The Hall–Kier alpha value is -2.57. The van der Waals surface area contributed by atoms with E-state index in [1.165, 1.54) is 24.2 Å². The molecular formula is C20H15BrClNO4. The third-order valence-electron chi connectivity index (χ3n) is 4.16. The van der Waals surface area contributed by atoms with Crippen molar-refractivity contribution in [2.24, 2.45) is 0 Å². The minimum atomic E-state index is -0.627. The van der Waals surface area contributed by atoms with Crippen molar-refractivity contribution in [3.8, 4) is 5.75 Å². The quantitative estimate of drug-likeness (QED) is 0.547. The van der Waals surface area contributed by atoms with Crippen molar-refractivity contribution in [3.05, 3.63) is 74.4 Å². The zero-order valence-electron chi connectivity index (χ0n) is 14.5. The Morgan fingerprint density at radius 3 is 2.52 bits per heavy atom. The molecule has 0 unspecified atom stereocenters. The number of halogens is 2. The standard InChI is InChI=1S/C20H15BrClNO4/c1-11-18(20(26)27-2)16(10-12-9-13(21)3-8-17(12)24)19(25)23(11)15-6-4-14(22)5-7-15/h3-10,24H,1-2H3/b16-10-. The maximum absolute atomic E-state index is 13.1. The van der Waals surface area contributed by atoms with Crippen LogP contribution in [0.15, 0.2) is 63.8 Å². The molecule has 1 N–H and O–H groups in total. The van der Waals surface area contributed by atoms with Crippen LogP contribution in [0.3, 0.4) is 0 Å². The molecule has 0 bridgehead atoms. The van der Waals surface area contributed by atoms with Crippen molar-refractivity contribution < 1.29 is 19.4 Å². The molecular weight excluding hydrogens is 434 g/mol. The summed E-state index contributed by atoms with van der Waals surface area (Å²) in [5.41, 5.74) is 1.71. The van der Waals surface area contributed by atoms with Gasteiger partial charge in [-0.05, 0) is 55.5 Å². The van der Waals surface area contributed by atoms with E-state index in [9.17, 15) is 14.7 Å². The Labute approximate surface area is 169 Å². The number of allylic oxidation sites excluding steroid dienone is 1. The maximum Gasteiger partial charge on any atom is 0.340 e. The number of aromatic hydroxyl groups is 1. The van der Waals surface area contributed by atoms with Gasteiger partial charge in [-0.1, -0.05) is 27.5 Å². The number of nitrogens with zero attached hydrogens (tertiary/aromatic N) is 1. The van der Waals surface area contributed by atoms with Crippen molar-refractivity contribution >= 4 is 51.2 Å². The number of methoxy groups -OCH3 is 1. The first-order chi connectivity index (χ1) is 12.8. The SMILES string of the molecule is COC(=O)C1=C(C)N(c2ccc(Cl)cc2)C(=O)/C1=C\c1cc(Br)ccc1O. The molecule has 0 fully saturated rings. The van der Waals surface area contributed by atoms with Gasteiger partial charge in [0.05, 0.1) is 18.3 Å². The molecule has 27 heavy (non-hydrogen) atoms. The van der Waals surface area contributed by atoms with E-state index >= 15 is 0 Å². The maximum atomic E-state index is 13.1. The van der Waals surface area contributed by atoms with Crippen LogP contribution in [0.1, 0.15) is 12.5 Å². The molecule has 1 heterocycles. The van der Waals surface area contributed by atoms with Gasteiger partial charge in [0.25, 0.3) is 5.91 Å². The monoisotopic (exact) mass is 447 g/mol. The fourth-order valence-electron chi connectivity index (χ4n) is 2.88. The van der Waals surface area contributed by atoms with Gasteiger partial charge in [-0.2, -0.15) is 0 Å². The number of carbonyl (C=O) groups is 2. The highest BCUT2D eigenvalue weighted by molar-refractivity contribution is 9.10. The van der Waals surface area contributed by atoms with E-state index in [4.69, 9.17) is 16.3 Å². The number of esters is 1. The lowest BCUT2D eigenvalue weighted by atomic mass is 10.0. The van der Waals surface area contributed by atoms with Gasteiger partial charge in [-0.25, -0.2) is 4.79 Å². The lowest BCUT2D eigenvalue weighted by Crippen LogP contribution is -2.24. The normalized spacial score (nSPS) is 15.6. The molecule has 0 atom stereocenters. The second-order valence-corrected chi connectivity index (χ2v) is 7.18. The number of phenols is 1. The van der Waals surface area contributed by atoms with Crippen LogP contribution >= 0.6 is 27.5 Å². The van der Waals surface area contributed by atoms with E-state index < -0.39 is 11.9 Å². The smallest absolute Gasteiger partial charge is 0.340 e. The molecule has 2 aromatic carbocycles. The second-order valence-electron chi connectivity index (χ2n) is 5.83. The van der Waals surface area contributed by atoms with Crippen molar-refractivity contribution in [3.63, 3.8) is 0 Å². The number of amides is 1. The Morgan fingerprint density at radius 2 is 1.89 bits per heavy atom. The summed E-state index contributed by atoms with van der Waals surface area (Å²) >= 11 is 9.26. The molecule has 7 heteroatoms. The number of benzene rings is 2. The highest BCUT2D eigenvalue weighted by Gasteiger charge is 2.38. The van der Waals surface area contributed by atoms with Crippen molar-refractivity contribution in [1.29, 1.82) is 0 Å². The lowest BCUT2D eigenvalue weighted by molar-refractivity contribution is -0.136. The van der Waals surface area contributed by atoms with Crippen LogP contribution in [-0.4, -0.2) is 24.1 Å². The molecule has 1 aliphatic heterocycles. The van der Waals surface area contributed by atoms with Gasteiger partial charge < -0.3 is 9.84 Å². The summed E-state index contributed by atoms with van der Waals surface area (Å²) < 4.78 is 5.60. The van der Waals surface area contributed by atoms with Crippen LogP contribution in [-0.2, 0) is 14.3 Å². The van der Waals surface area contributed by atoms with E-state index in [0.29, 0.717) is 22.0 Å². The second kappa shape index (κ2) is 7.58. The predicted molar refractivity (Wildman–Crippen MR) is 107 cm³/mol. The van der Waals surface area contributed by atoms with Crippen LogP contribution in [0.5, 0.6) is 5.75 Å². The topological polar surface area (TPSA) is 66.8 Å². The molecule has 0 saturated heterocycles. The zero-order valence-corrected chi connectivity index (χ0v) is 16.8. The van der Waals surface area contributed by atoms with Gasteiger partial charge in [0, 0.05) is 26.4 Å². The molecule has 1 amide bonds. The number of hydrogen-bond acceptors (Lipinski definition) is 4. The first-order valence-electron chi connectivity index (χ1n) is 7.93. The fraction of sp³-hybridized carbons (Fsp3) is 0.100. The highest BCUT2D eigenvalue weighted by Crippen LogP contribution is 2.37. The van der Waals surface area contributed by atoms with Crippen LogP contribution in [0.2, 0.25) is 5.02 Å². The molecule has 3 rings (SSSR count). The molecule has 1 aliphatic rings. The van der Waals surface area contributed by atoms with Gasteiger partial charge in [0.15, 0.2) is 0 Å². The van der Waals surface area contributed by atoms with Crippen molar-refractivity contribution in [2.45, 2.75) is 6.92 Å². The molecule has 0 radical (unpaired) electrons. The van der Waals surface area contributed by atoms with Crippen LogP contribution in [0, 0.1) is 0 Å². The summed E-state index contributed by atoms with van der Waals surface area (Å²) in [4.78, 5) is 26.9. The van der Waals surface area contributed by atoms with E-state index in [2.05, 4.69) is 15.9 Å². The summed E-state index contributed by atoms with van der Waals surface area (Å²) in [5, 5.41) is 10.6. The molecule has 2 aromatic rings. The first-order valence-corrected chi connectivity index (χ1v) is 9.10. The van der Waals surface area contributed by atoms with Crippen LogP contribution in [0.25, 0.3) is 6.08 Å². The molecule has 0 aliphatic carbocycles. The first kappa shape index (κ1) is 19.2. The number of anilines is 1. The average molecular weight is 449 g/mol. The zero-order chi connectivity index (χ0) is 19.7. The van der Waals surface area contributed by atoms with Crippen LogP contribution in [0.4, 0.5) is 5.69 Å². The summed E-state index contributed by atoms with van der Waals surface area (Å²) in [6.07, 6.45) is 1.48. The Morgan fingerprint density at radius 1 is 1.22 bits per heavy atom. The summed E-state index contributed by atoms with van der Waals surface area (Å²) in [6.45, 7) is 1.67. The third kappa shape index (κ3) is 3.63. The number of hydrogen-bond donors (Lipinski definition) is 1. The fourth-order valence-corrected chi connectivity index (χ4v) is 3.38. The number of ether oxygens (including phenoxy) is 1. The summed E-state index contributed by atoms with van der Waals surface area (Å²) in [7, 11) is 1.26. The number of rotatable bonds is 3. The predicted octanol–water partition coefficient (Wildman–Crippen LogP) is 4.69. The summed E-state index contributed by atoms with van der Waals surface area (Å²) in [6, 6.07) is 11.5. The minimum Gasteiger partial charge on any atom is -0.507 e. The van der Waals surface area contributed by atoms with E-state index in [1.807, 2.05) is 0 Å². The lowest BCUT2D eigenvalue weighted by Gasteiger charge is -2.18. The van der Waals surface area contributed by atoms with Gasteiger partial charge >= 0.3 is 5.97 Å². The van der Waals surface area contributed by atoms with E-state index in [1.54, 1.807) is 43.3 Å². The minimum absolute atomic E-state index is 0.00897.